The number of nitrogens with zero attached hydrogens (tertiary/aromatic N) is 4. The average molecular weight is 430 g/mol. The van der Waals surface area contributed by atoms with Crippen molar-refractivity contribution in [2.45, 2.75) is 11.8 Å². The van der Waals surface area contributed by atoms with Crippen LogP contribution in [0.2, 0.25) is 0 Å². The van der Waals surface area contributed by atoms with E-state index in [0.29, 0.717) is 5.69 Å². The van der Waals surface area contributed by atoms with Crippen LogP contribution >= 0.6 is 0 Å². The molecule has 2 aromatic heterocycles. The predicted molar refractivity (Wildman–Crippen MR) is 109 cm³/mol. The number of aromatic nitrogens is 4. The molecule has 12 heteroatoms. The topological polar surface area (TPSA) is 145 Å². The number of nitrogens with one attached hydrogen (secondary N) is 2. The third-order valence-corrected chi connectivity index (χ3v) is 5.48. The van der Waals surface area contributed by atoms with Crippen molar-refractivity contribution in [2.75, 3.05) is 10.0 Å². The second-order valence-electron chi connectivity index (χ2n) is 6.41. The molecule has 2 N–H and O–H groups in total. The number of sulfonamides is 1. The fourth-order valence-electron chi connectivity index (χ4n) is 2.56. The molecule has 3 rings (SSSR count). The van der Waals surface area contributed by atoms with Gasteiger partial charge in [-0.05, 0) is 37.3 Å². The first-order valence-corrected chi connectivity index (χ1v) is 10.1. The minimum Gasteiger partial charge on any atom is -0.322 e. The van der Waals surface area contributed by atoms with Gasteiger partial charge in [0.15, 0.2) is 0 Å². The van der Waals surface area contributed by atoms with Crippen LogP contribution in [0, 0.1) is 6.92 Å². The number of aryl methyl sites for hydroxylation is 2. The lowest BCUT2D eigenvalue weighted by Crippen LogP contribution is -2.40. The maximum Gasteiger partial charge on any atom is 0.330 e. The first-order chi connectivity index (χ1) is 14.1. The van der Waals surface area contributed by atoms with Crippen LogP contribution in [0.1, 0.15) is 16.1 Å². The van der Waals surface area contributed by atoms with Gasteiger partial charge in [0.2, 0.25) is 5.95 Å². The van der Waals surface area contributed by atoms with Gasteiger partial charge in [0.1, 0.15) is 5.56 Å². The van der Waals surface area contributed by atoms with Crippen molar-refractivity contribution in [3.63, 3.8) is 0 Å². The molecule has 0 aliphatic heterocycles. The van der Waals surface area contributed by atoms with Crippen molar-refractivity contribution >= 4 is 27.6 Å². The van der Waals surface area contributed by atoms with E-state index in [1.54, 1.807) is 13.0 Å². The molecule has 11 nitrogen and oxygen atoms in total. The summed E-state index contributed by atoms with van der Waals surface area (Å²) in [5.41, 5.74) is -0.658. The largest absolute Gasteiger partial charge is 0.330 e. The Morgan fingerprint density at radius 1 is 1.07 bits per heavy atom. The summed E-state index contributed by atoms with van der Waals surface area (Å²) < 4.78 is 29.1. The quantitative estimate of drug-likeness (QED) is 0.589. The highest BCUT2D eigenvalue weighted by molar-refractivity contribution is 7.92. The van der Waals surface area contributed by atoms with Gasteiger partial charge in [0.05, 0.1) is 4.90 Å². The molecular weight excluding hydrogens is 412 g/mol. The van der Waals surface area contributed by atoms with E-state index in [9.17, 15) is 22.8 Å². The Labute approximate surface area is 171 Å². The van der Waals surface area contributed by atoms with E-state index in [1.165, 1.54) is 44.6 Å². The van der Waals surface area contributed by atoms with Gasteiger partial charge in [0.25, 0.3) is 21.5 Å². The highest BCUT2D eigenvalue weighted by Gasteiger charge is 2.17. The first kappa shape index (κ1) is 20.9. The van der Waals surface area contributed by atoms with Crippen LogP contribution in [0.4, 0.5) is 11.6 Å². The third-order valence-electron chi connectivity index (χ3n) is 4.13. The van der Waals surface area contributed by atoms with E-state index in [2.05, 4.69) is 20.0 Å². The highest BCUT2D eigenvalue weighted by atomic mass is 32.2. The molecule has 0 aliphatic rings. The minimum absolute atomic E-state index is 0.0575. The number of rotatable bonds is 5. The van der Waals surface area contributed by atoms with Crippen LogP contribution in [0.15, 0.2) is 57.2 Å². The number of hydrogen-bond donors (Lipinski definition) is 2. The Bertz CT molecular complexity index is 1340. The van der Waals surface area contributed by atoms with Crippen molar-refractivity contribution in [3.8, 4) is 0 Å². The number of hydrogen-bond acceptors (Lipinski definition) is 7. The van der Waals surface area contributed by atoms with E-state index in [1.807, 2.05) is 0 Å². The highest BCUT2D eigenvalue weighted by Crippen LogP contribution is 2.17. The smallest absolute Gasteiger partial charge is 0.322 e. The lowest BCUT2D eigenvalue weighted by atomic mass is 10.2. The summed E-state index contributed by atoms with van der Waals surface area (Å²) >= 11 is 0. The zero-order valence-corrected chi connectivity index (χ0v) is 17.1. The minimum atomic E-state index is -3.93. The van der Waals surface area contributed by atoms with Gasteiger partial charge >= 0.3 is 5.69 Å². The second-order valence-corrected chi connectivity index (χ2v) is 8.09. The number of carbonyl (C=O) groups excluding carboxylic acids is 1. The van der Waals surface area contributed by atoms with Crippen LogP contribution in [0.25, 0.3) is 0 Å². The zero-order valence-electron chi connectivity index (χ0n) is 16.3. The van der Waals surface area contributed by atoms with E-state index in [4.69, 9.17) is 0 Å². The monoisotopic (exact) mass is 430 g/mol. The maximum absolute atomic E-state index is 12.5. The van der Waals surface area contributed by atoms with E-state index >= 15 is 0 Å². The van der Waals surface area contributed by atoms with Crippen molar-refractivity contribution in [2.24, 2.45) is 14.1 Å². The summed E-state index contributed by atoms with van der Waals surface area (Å²) in [6.45, 7) is 1.70. The Morgan fingerprint density at radius 2 is 1.73 bits per heavy atom. The van der Waals surface area contributed by atoms with Gasteiger partial charge in [-0.3, -0.25) is 14.2 Å². The van der Waals surface area contributed by atoms with Crippen LogP contribution in [-0.4, -0.2) is 33.4 Å². The van der Waals surface area contributed by atoms with Crippen molar-refractivity contribution in [3.05, 3.63) is 74.8 Å². The summed E-state index contributed by atoms with van der Waals surface area (Å²) in [7, 11) is -1.24. The number of amides is 1. The first-order valence-electron chi connectivity index (χ1n) is 8.59. The third kappa shape index (κ3) is 4.27. The molecule has 2 heterocycles. The summed E-state index contributed by atoms with van der Waals surface area (Å²) in [6.07, 6.45) is 2.58. The summed E-state index contributed by atoms with van der Waals surface area (Å²) in [5, 5.41) is 2.50. The molecule has 0 unspecified atom stereocenters. The van der Waals surface area contributed by atoms with Gasteiger partial charge in [0, 0.05) is 37.9 Å². The lowest BCUT2D eigenvalue weighted by molar-refractivity contribution is 0.102. The predicted octanol–water partition coefficient (Wildman–Crippen LogP) is 0.236. The molecular formula is C18H18N6O5S. The van der Waals surface area contributed by atoms with Crippen LogP contribution in [0.5, 0.6) is 0 Å². The van der Waals surface area contributed by atoms with Gasteiger partial charge in [-0.15, -0.1) is 0 Å². The Morgan fingerprint density at radius 3 is 2.37 bits per heavy atom. The molecule has 30 heavy (non-hydrogen) atoms. The summed E-state index contributed by atoms with van der Waals surface area (Å²) in [6, 6.07) is 6.94. The summed E-state index contributed by atoms with van der Waals surface area (Å²) in [4.78, 5) is 44.1. The van der Waals surface area contributed by atoms with E-state index < -0.39 is 27.2 Å². The van der Waals surface area contributed by atoms with Crippen molar-refractivity contribution < 1.29 is 13.2 Å². The maximum atomic E-state index is 12.5. The normalized spacial score (nSPS) is 11.2. The SMILES string of the molecule is Cc1ccnc(NS(=O)(=O)c2ccc(NC(=O)c3cn(C)c(=O)n(C)c3=O)cc2)n1. The van der Waals surface area contributed by atoms with Crippen molar-refractivity contribution in [1.82, 2.24) is 19.1 Å². The Balaban J connectivity index is 1.80. The van der Waals surface area contributed by atoms with Gasteiger partial charge in [-0.25, -0.2) is 27.9 Å². The molecule has 1 aromatic carbocycles. The lowest BCUT2D eigenvalue weighted by Gasteiger charge is -2.10. The fourth-order valence-corrected chi connectivity index (χ4v) is 3.51. The molecule has 0 radical (unpaired) electrons. The molecule has 0 atom stereocenters. The van der Waals surface area contributed by atoms with Gasteiger partial charge in [-0.1, -0.05) is 0 Å². The molecule has 3 aromatic rings. The van der Waals surface area contributed by atoms with Crippen molar-refractivity contribution in [1.29, 1.82) is 0 Å². The van der Waals surface area contributed by atoms with Gasteiger partial charge in [-0.2, -0.15) is 0 Å². The number of carbonyl (C=O) groups is 1. The van der Waals surface area contributed by atoms with Crippen LogP contribution in [0.3, 0.4) is 0 Å². The standard InChI is InChI=1S/C18H18N6O5S/c1-11-8-9-19-17(20-11)22-30(28,29)13-6-4-12(5-7-13)21-15(25)14-10-23(2)18(27)24(3)16(14)26/h4-10H,1-3H3,(H,21,25)(H,19,20,22). The molecule has 0 aliphatic carbocycles. The van der Waals surface area contributed by atoms with E-state index in [0.717, 1.165) is 15.3 Å². The fraction of sp³-hybridized carbons (Fsp3) is 0.167. The van der Waals surface area contributed by atoms with Gasteiger partial charge < -0.3 is 9.88 Å². The van der Waals surface area contributed by atoms with Crippen LogP contribution < -0.4 is 21.3 Å². The molecule has 0 fully saturated rings. The zero-order chi connectivity index (χ0) is 22.1. The Hall–Kier alpha value is -3.80. The second kappa shape index (κ2) is 7.91. The van der Waals surface area contributed by atoms with E-state index in [-0.39, 0.29) is 22.1 Å². The molecule has 0 bridgehead atoms. The molecule has 1 amide bonds. The number of anilines is 2. The molecule has 156 valence electrons. The van der Waals surface area contributed by atoms with Crippen LogP contribution in [-0.2, 0) is 24.1 Å². The number of benzene rings is 1. The molecule has 0 spiro atoms. The molecule has 0 saturated carbocycles. The Kier molecular flexibility index (Phi) is 5.52. The average Bonchev–Trinajstić information content (AvgIpc) is 2.69. The molecule has 0 saturated heterocycles. The summed E-state index contributed by atoms with van der Waals surface area (Å²) in [5.74, 6) is -0.786.